The number of methoxy groups -OCH3 is 1. The number of hydrogen-bond donors (Lipinski definition) is 0. The van der Waals surface area contributed by atoms with Crippen molar-refractivity contribution in [3.63, 3.8) is 0 Å². The molecule has 0 radical (unpaired) electrons. The first kappa shape index (κ1) is 10.7. The Balaban J connectivity index is 2.92. The topological polar surface area (TPSA) is 9.23 Å². The van der Waals surface area contributed by atoms with Gasteiger partial charge in [0.2, 0.25) is 0 Å². The van der Waals surface area contributed by atoms with Gasteiger partial charge in [-0.2, -0.15) is 0 Å². The molecule has 1 nitrogen and oxygen atoms in total. The Morgan fingerprint density at radius 1 is 1.29 bits per heavy atom. The summed E-state index contributed by atoms with van der Waals surface area (Å²) >= 11 is 0. The lowest BCUT2D eigenvalue weighted by Gasteiger charge is -2.22. The van der Waals surface area contributed by atoms with Crippen LogP contribution >= 0.6 is 0 Å². The van der Waals surface area contributed by atoms with Gasteiger partial charge in [-0.05, 0) is 17.7 Å². The molecule has 0 aromatic heterocycles. The van der Waals surface area contributed by atoms with Crippen molar-refractivity contribution in [2.24, 2.45) is 0 Å². The molecule has 0 aliphatic heterocycles. The first-order chi connectivity index (χ1) is 6.60. The van der Waals surface area contributed by atoms with Crippen LogP contribution in [0.5, 0.6) is 5.75 Å². The van der Waals surface area contributed by atoms with Crippen LogP contribution in [0.25, 0.3) is 0 Å². The summed E-state index contributed by atoms with van der Waals surface area (Å²) < 4.78 is 5.10. The molecule has 0 unspecified atom stereocenters. The van der Waals surface area contributed by atoms with Crippen molar-refractivity contribution in [3.05, 3.63) is 29.8 Å². The van der Waals surface area contributed by atoms with Gasteiger partial charge in [0.25, 0.3) is 0 Å². The molecule has 0 atom stereocenters. The number of benzene rings is 1. The van der Waals surface area contributed by atoms with Crippen LogP contribution < -0.4 is 4.74 Å². The van der Waals surface area contributed by atoms with Crippen LogP contribution in [0.1, 0.15) is 25.8 Å². The molecule has 0 spiro atoms. The van der Waals surface area contributed by atoms with Crippen LogP contribution in [-0.2, 0) is 5.41 Å². The van der Waals surface area contributed by atoms with E-state index in [1.54, 1.807) is 7.11 Å². The summed E-state index contributed by atoms with van der Waals surface area (Å²) in [5.41, 5.74) is 1.29. The van der Waals surface area contributed by atoms with Crippen molar-refractivity contribution in [2.45, 2.75) is 25.7 Å². The Bertz CT molecular complexity index is 327. The van der Waals surface area contributed by atoms with Crippen molar-refractivity contribution in [3.8, 4) is 18.1 Å². The fourth-order valence-electron chi connectivity index (χ4n) is 1.40. The molecule has 14 heavy (non-hydrogen) atoms. The quantitative estimate of drug-likeness (QED) is 0.662. The van der Waals surface area contributed by atoms with Gasteiger partial charge in [-0.25, -0.2) is 0 Å². The fourth-order valence-corrected chi connectivity index (χ4v) is 1.40. The van der Waals surface area contributed by atoms with Crippen molar-refractivity contribution in [2.75, 3.05) is 7.11 Å². The lowest BCUT2D eigenvalue weighted by atomic mass is 9.82. The molecule has 0 N–H and O–H groups in total. The van der Waals surface area contributed by atoms with Crippen LogP contribution in [0.15, 0.2) is 24.3 Å². The minimum atomic E-state index is 0.0427. The second-order valence-electron chi connectivity index (χ2n) is 3.99. The summed E-state index contributed by atoms with van der Waals surface area (Å²) in [6.07, 6.45) is 6.08. The van der Waals surface area contributed by atoms with Crippen LogP contribution in [0.3, 0.4) is 0 Å². The van der Waals surface area contributed by atoms with E-state index in [-0.39, 0.29) is 5.41 Å². The van der Waals surface area contributed by atoms with Crippen molar-refractivity contribution in [1.29, 1.82) is 0 Å². The lowest BCUT2D eigenvalue weighted by Crippen LogP contribution is -2.15. The van der Waals surface area contributed by atoms with E-state index in [1.807, 2.05) is 12.1 Å². The number of rotatable bonds is 3. The summed E-state index contributed by atoms with van der Waals surface area (Å²) in [6, 6.07) is 8.06. The summed E-state index contributed by atoms with van der Waals surface area (Å²) in [4.78, 5) is 0. The third-order valence-electron chi connectivity index (χ3n) is 2.42. The molecular formula is C13H16O. The van der Waals surface area contributed by atoms with E-state index < -0.39 is 0 Å². The predicted molar refractivity (Wildman–Crippen MR) is 59.5 cm³/mol. The molecule has 0 fully saturated rings. The Hall–Kier alpha value is -1.42. The van der Waals surface area contributed by atoms with Crippen LogP contribution in [0.2, 0.25) is 0 Å². The molecule has 0 bridgehead atoms. The maximum absolute atomic E-state index is 5.33. The highest BCUT2D eigenvalue weighted by Crippen LogP contribution is 2.27. The second kappa shape index (κ2) is 4.19. The van der Waals surface area contributed by atoms with E-state index in [4.69, 9.17) is 11.2 Å². The van der Waals surface area contributed by atoms with E-state index in [0.717, 1.165) is 12.2 Å². The first-order valence-electron chi connectivity index (χ1n) is 4.68. The minimum Gasteiger partial charge on any atom is -0.497 e. The standard InChI is InChI=1S/C13H16O/c1-5-10-13(2,3)11-6-8-12(14-4)9-7-11/h1,6-9H,10H2,2-4H3. The van der Waals surface area contributed by atoms with Gasteiger partial charge in [-0.15, -0.1) is 12.3 Å². The molecule has 1 aromatic carbocycles. The summed E-state index contributed by atoms with van der Waals surface area (Å²) in [6.45, 7) is 4.29. The average molecular weight is 188 g/mol. The van der Waals surface area contributed by atoms with Gasteiger partial charge < -0.3 is 4.74 Å². The normalized spacial score (nSPS) is 10.7. The van der Waals surface area contributed by atoms with Crippen LogP contribution in [-0.4, -0.2) is 7.11 Å². The molecule has 0 aliphatic rings. The third kappa shape index (κ3) is 2.29. The summed E-state index contributed by atoms with van der Waals surface area (Å²) in [5, 5.41) is 0. The molecule has 0 heterocycles. The lowest BCUT2D eigenvalue weighted by molar-refractivity contribution is 0.414. The zero-order valence-corrected chi connectivity index (χ0v) is 9.00. The van der Waals surface area contributed by atoms with E-state index in [2.05, 4.69) is 31.9 Å². The minimum absolute atomic E-state index is 0.0427. The largest absolute Gasteiger partial charge is 0.497 e. The van der Waals surface area contributed by atoms with Gasteiger partial charge in [0.15, 0.2) is 0 Å². The Morgan fingerprint density at radius 2 is 1.86 bits per heavy atom. The summed E-state index contributed by atoms with van der Waals surface area (Å²) in [5.74, 6) is 3.58. The van der Waals surface area contributed by atoms with Gasteiger partial charge in [0.05, 0.1) is 7.11 Å². The molecule has 1 rings (SSSR count). The molecule has 0 amide bonds. The van der Waals surface area contributed by atoms with Crippen molar-refractivity contribution >= 4 is 0 Å². The van der Waals surface area contributed by atoms with E-state index in [1.165, 1.54) is 5.56 Å². The van der Waals surface area contributed by atoms with Crippen molar-refractivity contribution in [1.82, 2.24) is 0 Å². The third-order valence-corrected chi connectivity index (χ3v) is 2.42. The van der Waals surface area contributed by atoms with E-state index >= 15 is 0 Å². The first-order valence-corrected chi connectivity index (χ1v) is 4.68. The number of ether oxygens (including phenoxy) is 1. The monoisotopic (exact) mass is 188 g/mol. The highest BCUT2D eigenvalue weighted by molar-refractivity contribution is 5.32. The highest BCUT2D eigenvalue weighted by atomic mass is 16.5. The smallest absolute Gasteiger partial charge is 0.118 e. The fraction of sp³-hybridized carbons (Fsp3) is 0.385. The van der Waals surface area contributed by atoms with E-state index in [0.29, 0.717) is 0 Å². The van der Waals surface area contributed by atoms with Gasteiger partial charge in [-0.3, -0.25) is 0 Å². The molecular weight excluding hydrogens is 172 g/mol. The Kier molecular flexibility index (Phi) is 3.19. The highest BCUT2D eigenvalue weighted by Gasteiger charge is 2.18. The molecule has 0 saturated heterocycles. The Labute approximate surface area is 86.1 Å². The zero-order chi connectivity index (χ0) is 10.6. The Morgan fingerprint density at radius 3 is 2.29 bits per heavy atom. The maximum atomic E-state index is 5.33. The molecule has 0 saturated carbocycles. The van der Waals surface area contributed by atoms with E-state index in [9.17, 15) is 0 Å². The molecule has 1 aromatic rings. The van der Waals surface area contributed by atoms with Gasteiger partial charge in [0.1, 0.15) is 5.75 Å². The zero-order valence-electron chi connectivity index (χ0n) is 9.00. The number of hydrogen-bond acceptors (Lipinski definition) is 1. The molecule has 74 valence electrons. The van der Waals surface area contributed by atoms with Crippen LogP contribution in [0.4, 0.5) is 0 Å². The van der Waals surface area contributed by atoms with Crippen LogP contribution in [0, 0.1) is 12.3 Å². The average Bonchev–Trinajstić information content (AvgIpc) is 2.18. The predicted octanol–water partition coefficient (Wildman–Crippen LogP) is 3.00. The maximum Gasteiger partial charge on any atom is 0.118 e. The number of terminal acetylenes is 1. The second-order valence-corrected chi connectivity index (χ2v) is 3.99. The van der Waals surface area contributed by atoms with Gasteiger partial charge >= 0.3 is 0 Å². The SMILES string of the molecule is C#CCC(C)(C)c1ccc(OC)cc1. The molecule has 0 aliphatic carbocycles. The van der Waals surface area contributed by atoms with Gasteiger partial charge in [0, 0.05) is 11.8 Å². The van der Waals surface area contributed by atoms with Gasteiger partial charge in [-0.1, -0.05) is 26.0 Å². The molecule has 1 heteroatoms. The van der Waals surface area contributed by atoms with Crippen molar-refractivity contribution < 1.29 is 4.74 Å². The summed E-state index contributed by atoms with van der Waals surface area (Å²) in [7, 11) is 1.67.